The van der Waals surface area contributed by atoms with E-state index in [1.165, 1.54) is 50.7 Å². The molecule has 0 unspecified atom stereocenters. The van der Waals surface area contributed by atoms with Crippen LogP contribution in [0, 0.1) is 23.5 Å². The highest BCUT2D eigenvalue weighted by Crippen LogP contribution is 2.43. The molecule has 0 bridgehead atoms. The number of benzene rings is 1. The lowest BCUT2D eigenvalue weighted by molar-refractivity contribution is 0.189. The van der Waals surface area contributed by atoms with Gasteiger partial charge in [-0.05, 0) is 86.8 Å². The Balaban J connectivity index is 0.00000176. The minimum atomic E-state index is -0.733. The van der Waals surface area contributed by atoms with Gasteiger partial charge < -0.3 is 0 Å². The van der Waals surface area contributed by atoms with Gasteiger partial charge in [0.05, 0.1) is 0 Å². The molecule has 2 aliphatic rings. The van der Waals surface area contributed by atoms with E-state index in [0.717, 1.165) is 34.2 Å². The zero-order valence-electron chi connectivity index (χ0n) is 12.3. The zero-order chi connectivity index (χ0) is 14.8. The second-order valence-electron chi connectivity index (χ2n) is 6.80. The second-order valence-corrected chi connectivity index (χ2v) is 8.56. The van der Waals surface area contributed by atoms with Crippen molar-refractivity contribution >= 4 is 22.6 Å². The third-order valence-electron chi connectivity index (χ3n) is 5.55. The Morgan fingerprint density at radius 2 is 1.32 bits per heavy atom. The molecule has 0 atom stereocenters. The fourth-order valence-electron chi connectivity index (χ4n) is 4.24. The molecule has 0 N–H and O–H groups in total. The van der Waals surface area contributed by atoms with E-state index in [1.807, 2.05) is 0 Å². The standard InChI is InChI=1S/C18H23F2I.CH4/c19-17-10-7-15(11-18(17)20)14-3-1-12(2-4-14)13-5-8-16(21)9-6-13;/h7,10-14,16H,1-6,8-9H2;1H4. The van der Waals surface area contributed by atoms with Gasteiger partial charge in [-0.25, -0.2) is 8.78 Å². The number of halogens is 3. The van der Waals surface area contributed by atoms with E-state index >= 15 is 0 Å². The SMILES string of the molecule is C.Fc1ccc(C2CCC(C3CCC(I)CC3)CC2)cc1F. The molecule has 0 spiro atoms. The first-order valence-corrected chi connectivity index (χ1v) is 9.47. The lowest BCUT2D eigenvalue weighted by Crippen LogP contribution is -2.25. The highest BCUT2D eigenvalue weighted by Gasteiger charge is 2.30. The molecular weight excluding hydrogens is 393 g/mol. The first kappa shape index (κ1) is 18.2. The molecule has 2 saturated carbocycles. The van der Waals surface area contributed by atoms with E-state index < -0.39 is 11.6 Å². The van der Waals surface area contributed by atoms with Crippen LogP contribution >= 0.6 is 22.6 Å². The summed E-state index contributed by atoms with van der Waals surface area (Å²) in [4.78, 5) is 0. The summed E-state index contributed by atoms with van der Waals surface area (Å²) in [6.07, 6.45) is 10.4. The number of alkyl halides is 1. The van der Waals surface area contributed by atoms with Crippen LogP contribution in [-0.2, 0) is 0 Å². The van der Waals surface area contributed by atoms with Crippen molar-refractivity contribution in [2.75, 3.05) is 0 Å². The summed E-state index contributed by atoms with van der Waals surface area (Å²) in [5.41, 5.74) is 0.989. The lowest BCUT2D eigenvalue weighted by atomic mass is 9.70. The molecule has 124 valence electrons. The molecule has 3 heteroatoms. The van der Waals surface area contributed by atoms with Gasteiger partial charge in [-0.3, -0.25) is 0 Å². The summed E-state index contributed by atoms with van der Waals surface area (Å²) in [6, 6.07) is 4.45. The maximum atomic E-state index is 13.4. The molecule has 0 amide bonds. The normalized spacial score (nSPS) is 32.3. The summed E-state index contributed by atoms with van der Waals surface area (Å²) in [6.45, 7) is 0. The minimum absolute atomic E-state index is 0. The van der Waals surface area contributed by atoms with Gasteiger partial charge in [0.25, 0.3) is 0 Å². The van der Waals surface area contributed by atoms with Crippen LogP contribution in [0.25, 0.3) is 0 Å². The summed E-state index contributed by atoms with van der Waals surface area (Å²) >= 11 is 2.59. The van der Waals surface area contributed by atoms with E-state index in [2.05, 4.69) is 22.6 Å². The third kappa shape index (κ3) is 4.21. The Morgan fingerprint density at radius 1 is 0.773 bits per heavy atom. The van der Waals surface area contributed by atoms with Gasteiger partial charge in [-0.15, -0.1) is 0 Å². The van der Waals surface area contributed by atoms with Crippen molar-refractivity contribution < 1.29 is 8.78 Å². The molecule has 0 radical (unpaired) electrons. The monoisotopic (exact) mass is 420 g/mol. The molecule has 1 aromatic carbocycles. The van der Waals surface area contributed by atoms with E-state index in [4.69, 9.17) is 0 Å². The summed E-state index contributed by atoms with van der Waals surface area (Å²) in [7, 11) is 0. The van der Waals surface area contributed by atoms with E-state index in [1.54, 1.807) is 6.07 Å². The highest BCUT2D eigenvalue weighted by atomic mass is 127. The van der Waals surface area contributed by atoms with Crippen molar-refractivity contribution in [1.29, 1.82) is 0 Å². The Hall–Kier alpha value is -0.190. The predicted molar refractivity (Wildman–Crippen MR) is 97.6 cm³/mol. The molecule has 2 fully saturated rings. The van der Waals surface area contributed by atoms with Gasteiger partial charge in [0.15, 0.2) is 11.6 Å². The van der Waals surface area contributed by atoms with Crippen LogP contribution in [0.3, 0.4) is 0 Å². The predicted octanol–water partition coefficient (Wildman–Crippen LogP) is 6.87. The molecule has 0 aliphatic heterocycles. The van der Waals surface area contributed by atoms with Crippen LogP contribution in [0.1, 0.15) is 70.3 Å². The van der Waals surface area contributed by atoms with Crippen LogP contribution in [0.15, 0.2) is 18.2 Å². The summed E-state index contributed by atoms with van der Waals surface area (Å²) in [5.74, 6) is 0.785. The van der Waals surface area contributed by atoms with Crippen LogP contribution in [0.5, 0.6) is 0 Å². The van der Waals surface area contributed by atoms with E-state index in [-0.39, 0.29) is 7.43 Å². The molecule has 22 heavy (non-hydrogen) atoms. The van der Waals surface area contributed by atoms with Crippen molar-refractivity contribution in [2.24, 2.45) is 11.8 Å². The van der Waals surface area contributed by atoms with Crippen LogP contribution in [0.4, 0.5) is 8.78 Å². The van der Waals surface area contributed by atoms with Gasteiger partial charge >= 0.3 is 0 Å². The van der Waals surface area contributed by atoms with Crippen molar-refractivity contribution in [3.63, 3.8) is 0 Å². The molecule has 1 aromatic rings. The number of rotatable bonds is 2. The average Bonchev–Trinajstić information content (AvgIpc) is 2.51. The largest absolute Gasteiger partial charge is 0.204 e. The van der Waals surface area contributed by atoms with Crippen LogP contribution in [-0.4, -0.2) is 3.92 Å². The van der Waals surface area contributed by atoms with E-state index in [0.29, 0.717) is 5.92 Å². The van der Waals surface area contributed by atoms with Gasteiger partial charge in [0, 0.05) is 3.92 Å². The minimum Gasteiger partial charge on any atom is -0.204 e. The summed E-state index contributed by atoms with van der Waals surface area (Å²) in [5, 5.41) is 0. The van der Waals surface area contributed by atoms with E-state index in [9.17, 15) is 8.78 Å². The zero-order valence-corrected chi connectivity index (χ0v) is 14.5. The van der Waals surface area contributed by atoms with Gasteiger partial charge in [0.2, 0.25) is 0 Å². The first-order chi connectivity index (χ1) is 10.1. The smallest absolute Gasteiger partial charge is 0.159 e. The van der Waals surface area contributed by atoms with Crippen LogP contribution < -0.4 is 0 Å². The van der Waals surface area contributed by atoms with Gasteiger partial charge in [-0.2, -0.15) is 0 Å². The highest BCUT2D eigenvalue weighted by molar-refractivity contribution is 14.1. The Morgan fingerprint density at radius 3 is 1.86 bits per heavy atom. The fourth-order valence-corrected chi connectivity index (χ4v) is 4.96. The first-order valence-electron chi connectivity index (χ1n) is 8.22. The van der Waals surface area contributed by atoms with Crippen molar-refractivity contribution in [1.82, 2.24) is 0 Å². The van der Waals surface area contributed by atoms with Gasteiger partial charge in [0.1, 0.15) is 0 Å². The Labute approximate surface area is 147 Å². The fraction of sp³-hybridized carbons (Fsp3) is 0.684. The molecule has 3 rings (SSSR count). The van der Waals surface area contributed by atoms with Crippen molar-refractivity contribution in [3.8, 4) is 0 Å². The quantitative estimate of drug-likeness (QED) is 0.362. The summed E-state index contributed by atoms with van der Waals surface area (Å²) < 4.78 is 27.3. The molecule has 2 aliphatic carbocycles. The maximum absolute atomic E-state index is 13.4. The maximum Gasteiger partial charge on any atom is 0.159 e. The molecule has 0 saturated heterocycles. The molecule has 0 heterocycles. The van der Waals surface area contributed by atoms with Crippen LogP contribution in [0.2, 0.25) is 0 Å². The average molecular weight is 420 g/mol. The second kappa shape index (κ2) is 8.07. The molecular formula is C19H27F2I. The third-order valence-corrected chi connectivity index (χ3v) is 6.80. The van der Waals surface area contributed by atoms with Crippen molar-refractivity contribution in [3.05, 3.63) is 35.4 Å². The molecule has 0 nitrogen and oxygen atoms in total. The topological polar surface area (TPSA) is 0 Å². The Kier molecular flexibility index (Phi) is 6.66. The van der Waals surface area contributed by atoms with Gasteiger partial charge in [-0.1, -0.05) is 36.1 Å². The Bertz CT molecular complexity index is 472. The lowest BCUT2D eigenvalue weighted by Gasteiger charge is -2.37. The number of hydrogen-bond acceptors (Lipinski definition) is 0. The molecule has 0 aromatic heterocycles. The number of hydrogen-bond donors (Lipinski definition) is 0. The van der Waals surface area contributed by atoms with Crippen molar-refractivity contribution in [2.45, 2.75) is 68.6 Å².